The van der Waals surface area contributed by atoms with Crippen LogP contribution in [-0.2, 0) is 16.4 Å². The minimum Gasteiger partial charge on any atom is -0.496 e. The Morgan fingerprint density at radius 2 is 1.92 bits per heavy atom. The smallest absolute Gasteiger partial charge is 0.433 e. The lowest BCUT2D eigenvalue weighted by atomic mass is 9.77. The molecule has 1 amide bonds. The Morgan fingerprint density at radius 1 is 1.21 bits per heavy atom. The molecule has 8 heteroatoms. The molecule has 0 spiro atoms. The van der Waals surface area contributed by atoms with Crippen LogP contribution in [0.2, 0.25) is 5.02 Å². The van der Waals surface area contributed by atoms with E-state index in [0.717, 1.165) is 6.07 Å². The van der Waals surface area contributed by atoms with Crippen molar-refractivity contribution in [2.24, 2.45) is 0 Å². The van der Waals surface area contributed by atoms with E-state index in [9.17, 15) is 18.0 Å². The Morgan fingerprint density at radius 3 is 2.54 bits per heavy atom. The monoisotopic (exact) mass is 356 g/mol. The fourth-order valence-electron chi connectivity index (χ4n) is 2.81. The van der Waals surface area contributed by atoms with E-state index >= 15 is 0 Å². The van der Waals surface area contributed by atoms with Crippen LogP contribution in [0.1, 0.15) is 23.7 Å². The zero-order chi connectivity index (χ0) is 17.7. The maximum Gasteiger partial charge on any atom is 0.433 e. The number of methoxy groups -OCH3 is 1. The first-order valence-electron chi connectivity index (χ1n) is 6.92. The van der Waals surface area contributed by atoms with E-state index in [4.69, 9.17) is 16.3 Å². The molecule has 0 saturated carbocycles. The maximum atomic E-state index is 12.8. The van der Waals surface area contributed by atoms with Crippen LogP contribution in [0, 0.1) is 0 Å². The van der Waals surface area contributed by atoms with Gasteiger partial charge in [-0.25, -0.2) is 4.98 Å². The van der Waals surface area contributed by atoms with Gasteiger partial charge in [0.25, 0.3) is 0 Å². The van der Waals surface area contributed by atoms with Crippen molar-refractivity contribution >= 4 is 23.3 Å². The average molecular weight is 357 g/mol. The molecule has 4 nitrogen and oxygen atoms in total. The van der Waals surface area contributed by atoms with E-state index < -0.39 is 23.2 Å². The van der Waals surface area contributed by atoms with Gasteiger partial charge >= 0.3 is 6.18 Å². The number of rotatable bonds is 2. The zero-order valence-electron chi connectivity index (χ0n) is 12.7. The average Bonchev–Trinajstić information content (AvgIpc) is 2.78. The van der Waals surface area contributed by atoms with Crippen molar-refractivity contribution in [1.29, 1.82) is 0 Å². The van der Waals surface area contributed by atoms with Crippen molar-refractivity contribution in [3.05, 3.63) is 52.2 Å². The Labute approximate surface area is 140 Å². The van der Waals surface area contributed by atoms with Crippen LogP contribution in [0.15, 0.2) is 30.3 Å². The van der Waals surface area contributed by atoms with Crippen LogP contribution in [0.25, 0.3) is 0 Å². The Kier molecular flexibility index (Phi) is 3.71. The molecule has 2 aromatic rings. The topological polar surface area (TPSA) is 51.2 Å². The minimum atomic E-state index is -4.59. The quantitative estimate of drug-likeness (QED) is 0.884. The lowest BCUT2D eigenvalue weighted by molar-refractivity contribution is -0.141. The van der Waals surface area contributed by atoms with Crippen LogP contribution in [0.4, 0.5) is 19.0 Å². The maximum absolute atomic E-state index is 12.8. The fourth-order valence-corrected chi connectivity index (χ4v) is 2.98. The second-order valence-corrected chi connectivity index (χ2v) is 5.95. The van der Waals surface area contributed by atoms with Gasteiger partial charge in [0.2, 0.25) is 5.91 Å². The molecular formula is C16H12ClF3N2O2. The number of halogens is 4. The molecule has 24 heavy (non-hydrogen) atoms. The SMILES string of the molecule is COc1ccc(Cl)cc1[C@@]1(C)C(=O)Nc2nc(C(F)(F)F)ccc21. The van der Waals surface area contributed by atoms with Gasteiger partial charge in [0.05, 0.1) is 7.11 Å². The van der Waals surface area contributed by atoms with Crippen LogP contribution >= 0.6 is 11.6 Å². The second-order valence-electron chi connectivity index (χ2n) is 5.51. The molecule has 0 unspecified atom stereocenters. The number of fused-ring (bicyclic) bond motifs is 1. The third-order valence-corrected chi connectivity index (χ3v) is 4.35. The number of carbonyl (C=O) groups excluding carboxylic acids is 1. The van der Waals surface area contributed by atoms with Crippen molar-refractivity contribution in [3.63, 3.8) is 0 Å². The van der Waals surface area contributed by atoms with E-state index in [0.29, 0.717) is 21.9 Å². The summed E-state index contributed by atoms with van der Waals surface area (Å²) in [5.74, 6) is -0.200. The van der Waals surface area contributed by atoms with Gasteiger partial charge in [0.1, 0.15) is 22.7 Å². The van der Waals surface area contributed by atoms with Crippen molar-refractivity contribution in [2.45, 2.75) is 18.5 Å². The van der Waals surface area contributed by atoms with Gasteiger partial charge in [-0.2, -0.15) is 13.2 Å². The van der Waals surface area contributed by atoms with E-state index in [1.54, 1.807) is 25.1 Å². The van der Waals surface area contributed by atoms with Gasteiger partial charge in [0.15, 0.2) is 0 Å². The molecule has 1 aliphatic rings. The first-order valence-corrected chi connectivity index (χ1v) is 7.30. The molecular weight excluding hydrogens is 345 g/mol. The molecule has 2 heterocycles. The van der Waals surface area contributed by atoms with Crippen LogP contribution in [0.3, 0.4) is 0 Å². The molecule has 1 aromatic heterocycles. The molecule has 1 N–H and O–H groups in total. The number of hydrogen-bond acceptors (Lipinski definition) is 3. The van der Waals surface area contributed by atoms with Crippen LogP contribution in [0.5, 0.6) is 5.75 Å². The number of carbonyl (C=O) groups is 1. The number of nitrogens with one attached hydrogen (secondary N) is 1. The molecule has 3 rings (SSSR count). The predicted molar refractivity (Wildman–Crippen MR) is 82.3 cm³/mol. The molecule has 0 fully saturated rings. The summed E-state index contributed by atoms with van der Waals surface area (Å²) in [5, 5.41) is 2.80. The molecule has 126 valence electrons. The summed E-state index contributed by atoms with van der Waals surface area (Å²) in [6.45, 7) is 1.59. The molecule has 1 aliphatic heterocycles. The highest BCUT2D eigenvalue weighted by molar-refractivity contribution is 6.30. The van der Waals surface area contributed by atoms with Gasteiger partial charge < -0.3 is 10.1 Å². The first-order chi connectivity index (χ1) is 11.2. The lowest BCUT2D eigenvalue weighted by Gasteiger charge is -2.25. The normalized spacial score (nSPS) is 19.8. The number of ether oxygens (including phenoxy) is 1. The van der Waals surface area contributed by atoms with Gasteiger partial charge in [-0.05, 0) is 31.2 Å². The largest absolute Gasteiger partial charge is 0.496 e. The number of hydrogen-bond donors (Lipinski definition) is 1. The highest BCUT2D eigenvalue weighted by atomic mass is 35.5. The first kappa shape index (κ1) is 16.6. The fraction of sp³-hybridized carbons (Fsp3) is 0.250. The summed E-state index contributed by atoms with van der Waals surface area (Å²) in [4.78, 5) is 16.1. The summed E-state index contributed by atoms with van der Waals surface area (Å²) < 4.78 is 43.8. The number of pyridine rings is 1. The molecule has 0 radical (unpaired) electrons. The van der Waals surface area contributed by atoms with E-state index in [1.807, 2.05) is 0 Å². The van der Waals surface area contributed by atoms with Gasteiger partial charge in [-0.3, -0.25) is 4.79 Å². The van der Waals surface area contributed by atoms with Crippen LogP contribution in [-0.4, -0.2) is 18.0 Å². The molecule has 0 aliphatic carbocycles. The summed E-state index contributed by atoms with van der Waals surface area (Å²) in [5.41, 5.74) is -1.54. The molecule has 1 aromatic carbocycles. The highest BCUT2D eigenvalue weighted by Gasteiger charge is 2.48. The van der Waals surface area contributed by atoms with E-state index in [2.05, 4.69) is 10.3 Å². The number of amides is 1. The van der Waals surface area contributed by atoms with E-state index in [1.165, 1.54) is 13.2 Å². The summed E-state index contributed by atoms with van der Waals surface area (Å²) in [7, 11) is 1.44. The highest BCUT2D eigenvalue weighted by Crippen LogP contribution is 2.46. The van der Waals surface area contributed by atoms with Crippen LogP contribution < -0.4 is 10.1 Å². The Balaban J connectivity index is 2.21. The Bertz CT molecular complexity index is 839. The third kappa shape index (κ3) is 2.39. The number of aromatic nitrogens is 1. The van der Waals surface area contributed by atoms with Gasteiger partial charge in [0, 0.05) is 16.1 Å². The number of anilines is 1. The van der Waals surface area contributed by atoms with Gasteiger partial charge in [-0.1, -0.05) is 17.7 Å². The minimum absolute atomic E-state index is 0.112. The zero-order valence-corrected chi connectivity index (χ0v) is 13.4. The number of nitrogens with zero attached hydrogens (tertiary/aromatic N) is 1. The molecule has 0 bridgehead atoms. The molecule has 1 atom stereocenters. The summed E-state index contributed by atoms with van der Waals surface area (Å²) in [6, 6.07) is 6.88. The summed E-state index contributed by atoms with van der Waals surface area (Å²) >= 11 is 6.02. The lowest BCUT2D eigenvalue weighted by Crippen LogP contribution is -2.32. The van der Waals surface area contributed by atoms with Crippen molar-refractivity contribution < 1.29 is 22.7 Å². The van der Waals surface area contributed by atoms with Crippen molar-refractivity contribution in [3.8, 4) is 5.75 Å². The summed E-state index contributed by atoms with van der Waals surface area (Å²) in [6.07, 6.45) is -4.59. The second kappa shape index (κ2) is 5.37. The molecule has 0 saturated heterocycles. The van der Waals surface area contributed by atoms with Crippen molar-refractivity contribution in [2.75, 3.05) is 12.4 Å². The number of benzene rings is 1. The predicted octanol–water partition coefficient (Wildman–Crippen LogP) is 4.02. The van der Waals surface area contributed by atoms with Gasteiger partial charge in [-0.15, -0.1) is 0 Å². The number of alkyl halides is 3. The third-order valence-electron chi connectivity index (χ3n) is 4.11. The van der Waals surface area contributed by atoms with Crippen molar-refractivity contribution in [1.82, 2.24) is 4.98 Å². The van der Waals surface area contributed by atoms with E-state index in [-0.39, 0.29) is 5.82 Å². The Hall–Kier alpha value is -2.28. The standard InChI is InChI=1S/C16H12ClF3N2O2/c1-15(10-7-8(17)3-5-11(10)24-2)9-4-6-12(16(18,19)20)21-13(9)22-14(15)23/h3-7H,1-2H3,(H,21,22,23)/t15-/m0/s1.